The predicted molar refractivity (Wildman–Crippen MR) is 69.9 cm³/mol. The van der Waals surface area contributed by atoms with Crippen LogP contribution < -0.4 is 5.32 Å². The van der Waals surface area contributed by atoms with Gasteiger partial charge in [-0.3, -0.25) is 4.68 Å². The molecule has 0 radical (unpaired) electrons. The number of nitriles is 1. The van der Waals surface area contributed by atoms with E-state index in [4.69, 9.17) is 10.00 Å². The molecule has 2 amide bonds. The van der Waals surface area contributed by atoms with Crippen LogP contribution in [0.2, 0.25) is 0 Å². The van der Waals surface area contributed by atoms with Crippen molar-refractivity contribution in [3.8, 4) is 6.07 Å². The highest BCUT2D eigenvalue weighted by Gasteiger charge is 2.33. The van der Waals surface area contributed by atoms with Gasteiger partial charge in [-0.1, -0.05) is 0 Å². The van der Waals surface area contributed by atoms with E-state index in [1.807, 2.05) is 0 Å². The summed E-state index contributed by atoms with van der Waals surface area (Å²) in [5.41, 5.74) is 0.551. The topological polar surface area (TPSA) is 83.2 Å². The molecular formula is C13H17N5O2. The SMILES string of the molecule is N#Cc1cnn(C2CN(C(=O)NC3CCOCC3)C2)c1. The van der Waals surface area contributed by atoms with Gasteiger partial charge in [0.15, 0.2) is 0 Å². The fourth-order valence-corrected chi connectivity index (χ4v) is 2.49. The predicted octanol–water partition coefficient (Wildman–Crippen LogP) is 0.500. The molecule has 2 aliphatic rings. The van der Waals surface area contributed by atoms with Gasteiger partial charge in [0.1, 0.15) is 6.07 Å². The quantitative estimate of drug-likeness (QED) is 0.852. The number of amides is 2. The lowest BCUT2D eigenvalue weighted by atomic mass is 10.1. The van der Waals surface area contributed by atoms with Crippen LogP contribution in [-0.4, -0.2) is 53.1 Å². The Morgan fingerprint density at radius 3 is 2.85 bits per heavy atom. The zero-order valence-corrected chi connectivity index (χ0v) is 11.2. The molecule has 0 bridgehead atoms. The fourth-order valence-electron chi connectivity index (χ4n) is 2.49. The first-order valence-corrected chi connectivity index (χ1v) is 6.83. The fraction of sp³-hybridized carbons (Fsp3) is 0.615. The zero-order valence-electron chi connectivity index (χ0n) is 11.2. The normalized spacial score (nSPS) is 20.2. The summed E-state index contributed by atoms with van der Waals surface area (Å²) in [4.78, 5) is 13.8. The Bertz CT molecular complexity index is 523. The third-order valence-corrected chi connectivity index (χ3v) is 3.80. The lowest BCUT2D eigenvalue weighted by Crippen LogP contribution is -2.56. The van der Waals surface area contributed by atoms with Crippen LogP contribution in [0.4, 0.5) is 4.79 Å². The summed E-state index contributed by atoms with van der Waals surface area (Å²) < 4.78 is 7.03. The summed E-state index contributed by atoms with van der Waals surface area (Å²) in [7, 11) is 0. The molecule has 0 spiro atoms. The molecule has 20 heavy (non-hydrogen) atoms. The lowest BCUT2D eigenvalue weighted by molar-refractivity contribution is 0.0723. The Balaban J connectivity index is 1.47. The second kappa shape index (κ2) is 5.51. The van der Waals surface area contributed by atoms with E-state index >= 15 is 0 Å². The summed E-state index contributed by atoms with van der Waals surface area (Å²) in [6, 6.07) is 2.44. The second-order valence-corrected chi connectivity index (χ2v) is 5.22. The van der Waals surface area contributed by atoms with Crippen LogP contribution in [0.3, 0.4) is 0 Å². The first-order valence-electron chi connectivity index (χ1n) is 6.83. The van der Waals surface area contributed by atoms with E-state index in [0.29, 0.717) is 18.7 Å². The van der Waals surface area contributed by atoms with Crippen molar-refractivity contribution >= 4 is 6.03 Å². The molecule has 0 aromatic carbocycles. The number of urea groups is 1. The molecule has 0 aliphatic carbocycles. The summed E-state index contributed by atoms with van der Waals surface area (Å²) in [6.07, 6.45) is 5.03. The first kappa shape index (κ1) is 12.9. The summed E-state index contributed by atoms with van der Waals surface area (Å²) in [5, 5.41) is 15.9. The van der Waals surface area contributed by atoms with Gasteiger partial charge >= 0.3 is 6.03 Å². The Hall–Kier alpha value is -2.07. The van der Waals surface area contributed by atoms with E-state index < -0.39 is 0 Å². The van der Waals surface area contributed by atoms with Gasteiger partial charge in [0.05, 0.1) is 17.8 Å². The van der Waals surface area contributed by atoms with Gasteiger partial charge in [-0.2, -0.15) is 10.4 Å². The van der Waals surface area contributed by atoms with Gasteiger partial charge in [0.25, 0.3) is 0 Å². The number of nitrogens with one attached hydrogen (secondary N) is 1. The van der Waals surface area contributed by atoms with Crippen LogP contribution >= 0.6 is 0 Å². The maximum atomic E-state index is 12.0. The molecule has 7 nitrogen and oxygen atoms in total. The molecule has 1 aromatic heterocycles. The molecule has 2 saturated heterocycles. The number of carbonyl (C=O) groups is 1. The van der Waals surface area contributed by atoms with Gasteiger partial charge < -0.3 is 15.0 Å². The molecule has 1 N–H and O–H groups in total. The summed E-state index contributed by atoms with van der Waals surface area (Å²) >= 11 is 0. The smallest absolute Gasteiger partial charge is 0.317 e. The van der Waals surface area contributed by atoms with Crippen LogP contribution in [0.5, 0.6) is 0 Å². The van der Waals surface area contributed by atoms with Crippen molar-refractivity contribution in [2.75, 3.05) is 26.3 Å². The van der Waals surface area contributed by atoms with E-state index in [9.17, 15) is 4.79 Å². The molecule has 3 rings (SSSR count). The van der Waals surface area contributed by atoms with Crippen molar-refractivity contribution in [2.24, 2.45) is 0 Å². The minimum atomic E-state index is -0.0131. The third-order valence-electron chi connectivity index (χ3n) is 3.80. The van der Waals surface area contributed by atoms with Crippen molar-refractivity contribution in [3.63, 3.8) is 0 Å². The van der Waals surface area contributed by atoms with Crippen molar-refractivity contribution in [2.45, 2.75) is 24.9 Å². The highest BCUT2D eigenvalue weighted by atomic mass is 16.5. The first-order chi connectivity index (χ1) is 9.76. The summed E-state index contributed by atoms with van der Waals surface area (Å²) in [6.45, 7) is 2.72. The van der Waals surface area contributed by atoms with Gasteiger partial charge in [-0.25, -0.2) is 4.79 Å². The molecule has 0 unspecified atom stereocenters. The monoisotopic (exact) mass is 275 g/mol. The van der Waals surface area contributed by atoms with Gasteiger partial charge in [0, 0.05) is 38.5 Å². The van der Waals surface area contributed by atoms with Gasteiger partial charge in [0.2, 0.25) is 0 Å². The minimum absolute atomic E-state index is 0.0131. The van der Waals surface area contributed by atoms with Gasteiger partial charge in [-0.15, -0.1) is 0 Å². The molecule has 0 atom stereocenters. The van der Waals surface area contributed by atoms with Gasteiger partial charge in [-0.05, 0) is 12.8 Å². The number of likely N-dealkylation sites (tertiary alicyclic amines) is 1. The standard InChI is InChI=1S/C13H17N5O2/c14-5-10-6-15-18(7-10)12-8-17(9-12)13(19)16-11-1-3-20-4-2-11/h6-7,11-12H,1-4,8-9H2,(H,16,19). The van der Waals surface area contributed by atoms with E-state index in [2.05, 4.69) is 16.5 Å². The largest absolute Gasteiger partial charge is 0.381 e. The second-order valence-electron chi connectivity index (χ2n) is 5.22. The average molecular weight is 275 g/mol. The van der Waals surface area contributed by atoms with Crippen LogP contribution in [0.1, 0.15) is 24.4 Å². The molecule has 2 aliphatic heterocycles. The lowest BCUT2D eigenvalue weighted by Gasteiger charge is -2.40. The molecule has 2 fully saturated rings. The van der Waals surface area contributed by atoms with E-state index in [1.54, 1.807) is 22.0 Å². The Morgan fingerprint density at radius 2 is 2.20 bits per heavy atom. The zero-order chi connectivity index (χ0) is 13.9. The van der Waals surface area contributed by atoms with Crippen LogP contribution in [0, 0.1) is 11.3 Å². The van der Waals surface area contributed by atoms with Crippen LogP contribution in [0.25, 0.3) is 0 Å². The number of nitrogens with zero attached hydrogens (tertiary/aromatic N) is 4. The van der Waals surface area contributed by atoms with E-state index in [1.165, 1.54) is 0 Å². The number of carbonyl (C=O) groups excluding carboxylic acids is 1. The van der Waals surface area contributed by atoms with Crippen molar-refractivity contribution in [1.29, 1.82) is 5.26 Å². The molecule has 7 heteroatoms. The minimum Gasteiger partial charge on any atom is -0.381 e. The van der Waals surface area contributed by atoms with Crippen molar-refractivity contribution in [3.05, 3.63) is 18.0 Å². The molecule has 1 aromatic rings. The molecule has 0 saturated carbocycles. The van der Waals surface area contributed by atoms with Crippen LogP contribution in [-0.2, 0) is 4.74 Å². The number of ether oxygens (including phenoxy) is 1. The Morgan fingerprint density at radius 1 is 1.45 bits per heavy atom. The van der Waals surface area contributed by atoms with Crippen molar-refractivity contribution < 1.29 is 9.53 Å². The van der Waals surface area contributed by atoms with E-state index in [0.717, 1.165) is 26.1 Å². The highest BCUT2D eigenvalue weighted by molar-refractivity contribution is 5.75. The average Bonchev–Trinajstić information content (AvgIpc) is 2.87. The number of aromatic nitrogens is 2. The molecule has 106 valence electrons. The third kappa shape index (κ3) is 2.60. The maximum Gasteiger partial charge on any atom is 0.317 e. The maximum absolute atomic E-state index is 12.0. The van der Waals surface area contributed by atoms with Crippen LogP contribution in [0.15, 0.2) is 12.4 Å². The summed E-state index contributed by atoms with van der Waals surface area (Å²) in [5.74, 6) is 0. The number of hydrogen-bond donors (Lipinski definition) is 1. The Kier molecular flexibility index (Phi) is 3.56. The number of hydrogen-bond acceptors (Lipinski definition) is 4. The van der Waals surface area contributed by atoms with Crippen molar-refractivity contribution in [1.82, 2.24) is 20.0 Å². The molecular weight excluding hydrogens is 258 g/mol. The highest BCUT2D eigenvalue weighted by Crippen LogP contribution is 2.21. The van der Waals surface area contributed by atoms with E-state index in [-0.39, 0.29) is 18.1 Å². The Labute approximate surface area is 117 Å². The number of rotatable bonds is 2. The molecule has 3 heterocycles.